The van der Waals surface area contributed by atoms with Crippen LogP contribution in [0.15, 0.2) is 41.8 Å². The van der Waals surface area contributed by atoms with Crippen LogP contribution in [0.4, 0.5) is 0 Å². The smallest absolute Gasteiger partial charge is 0.196 e. The molecule has 1 aromatic rings. The van der Waals surface area contributed by atoms with E-state index in [4.69, 9.17) is 0 Å². The highest BCUT2D eigenvalue weighted by Crippen LogP contribution is 2.48. The predicted octanol–water partition coefficient (Wildman–Crippen LogP) is 4.37. The van der Waals surface area contributed by atoms with Gasteiger partial charge in [0.05, 0.1) is 0 Å². The van der Waals surface area contributed by atoms with Crippen molar-refractivity contribution >= 4 is 17.1 Å². The minimum absolute atomic E-state index is 0.194. The number of thiophene rings is 1. The van der Waals surface area contributed by atoms with Gasteiger partial charge >= 0.3 is 0 Å². The molecule has 2 heteroatoms. The van der Waals surface area contributed by atoms with E-state index in [1.807, 2.05) is 31.2 Å². The van der Waals surface area contributed by atoms with E-state index in [2.05, 4.69) is 17.5 Å². The second-order valence-corrected chi connectivity index (χ2v) is 5.54. The van der Waals surface area contributed by atoms with Crippen LogP contribution < -0.4 is 0 Å². The van der Waals surface area contributed by atoms with Crippen LogP contribution in [-0.2, 0) is 0 Å². The van der Waals surface area contributed by atoms with E-state index in [-0.39, 0.29) is 5.78 Å². The van der Waals surface area contributed by atoms with Crippen molar-refractivity contribution in [2.24, 2.45) is 0 Å². The molecule has 0 atom stereocenters. The summed E-state index contributed by atoms with van der Waals surface area (Å²) in [4.78, 5) is 13.7. The second-order valence-electron chi connectivity index (χ2n) is 4.66. The van der Waals surface area contributed by atoms with E-state index in [9.17, 15) is 4.79 Å². The van der Waals surface area contributed by atoms with Crippen molar-refractivity contribution in [3.63, 3.8) is 0 Å². The predicted molar refractivity (Wildman–Crippen MR) is 74.5 cm³/mol. The first-order valence-corrected chi connectivity index (χ1v) is 6.80. The van der Waals surface area contributed by atoms with Crippen LogP contribution in [0.2, 0.25) is 0 Å². The Balaban J connectivity index is 2.14. The van der Waals surface area contributed by atoms with Crippen molar-refractivity contribution < 1.29 is 4.79 Å². The van der Waals surface area contributed by atoms with Crippen molar-refractivity contribution in [1.29, 1.82) is 0 Å². The fourth-order valence-electron chi connectivity index (χ4n) is 2.76. The summed E-state index contributed by atoms with van der Waals surface area (Å²) in [7, 11) is 0. The Bertz CT molecular complexity index is 767. The van der Waals surface area contributed by atoms with Gasteiger partial charge in [-0.25, -0.2) is 0 Å². The number of hydrogen-bond donors (Lipinski definition) is 0. The van der Waals surface area contributed by atoms with Crippen molar-refractivity contribution in [1.82, 2.24) is 0 Å². The number of hydrogen-bond acceptors (Lipinski definition) is 2. The van der Waals surface area contributed by atoms with Crippen molar-refractivity contribution in [3.05, 3.63) is 58.5 Å². The minimum atomic E-state index is 0.194. The van der Waals surface area contributed by atoms with Crippen LogP contribution in [-0.4, -0.2) is 5.78 Å². The van der Waals surface area contributed by atoms with Crippen LogP contribution in [0, 0.1) is 6.92 Å². The highest BCUT2D eigenvalue weighted by Gasteiger charge is 2.34. The van der Waals surface area contributed by atoms with Crippen LogP contribution in [0.1, 0.15) is 21.5 Å². The van der Waals surface area contributed by atoms with E-state index < -0.39 is 0 Å². The van der Waals surface area contributed by atoms with Gasteiger partial charge in [-0.3, -0.25) is 4.79 Å². The van der Waals surface area contributed by atoms with E-state index in [0.29, 0.717) is 0 Å². The molecule has 0 aliphatic heterocycles. The Morgan fingerprint density at radius 2 is 1.83 bits per heavy atom. The third-order valence-corrected chi connectivity index (χ3v) is 4.72. The van der Waals surface area contributed by atoms with Gasteiger partial charge in [0.2, 0.25) is 0 Å². The van der Waals surface area contributed by atoms with E-state index in [1.165, 1.54) is 0 Å². The first-order valence-electron chi connectivity index (χ1n) is 5.92. The maximum Gasteiger partial charge on any atom is 0.196 e. The molecule has 1 nitrogen and oxygen atoms in total. The standard InChI is InChI=1S/C16H10OS/c1-9-8-18-16-12-7-10-5-3-2-4-6-11(10)14(12)15(17)13(9)16/h2-8H,1H3. The van der Waals surface area contributed by atoms with Gasteiger partial charge in [0.1, 0.15) is 0 Å². The molecule has 0 bridgehead atoms. The molecule has 3 aliphatic carbocycles. The first-order chi connectivity index (χ1) is 8.77. The fraction of sp³-hybridized carbons (Fsp3) is 0.0625. The van der Waals surface area contributed by atoms with Crippen LogP contribution in [0.3, 0.4) is 0 Å². The highest BCUT2D eigenvalue weighted by atomic mass is 32.1. The molecule has 0 N–H and O–H groups in total. The Morgan fingerprint density at radius 1 is 1.00 bits per heavy atom. The third kappa shape index (κ3) is 1.08. The van der Waals surface area contributed by atoms with Gasteiger partial charge in [-0.05, 0) is 35.1 Å². The van der Waals surface area contributed by atoms with Crippen molar-refractivity contribution in [2.75, 3.05) is 0 Å². The van der Waals surface area contributed by atoms with Gasteiger partial charge < -0.3 is 0 Å². The molecule has 0 saturated carbocycles. The largest absolute Gasteiger partial charge is 0.288 e. The summed E-state index contributed by atoms with van der Waals surface area (Å²) >= 11 is 1.68. The van der Waals surface area contributed by atoms with Crippen molar-refractivity contribution in [2.45, 2.75) is 6.92 Å². The van der Waals surface area contributed by atoms with E-state index >= 15 is 0 Å². The zero-order valence-electron chi connectivity index (χ0n) is 9.86. The van der Waals surface area contributed by atoms with Gasteiger partial charge in [-0.15, -0.1) is 11.3 Å². The summed E-state index contributed by atoms with van der Waals surface area (Å²) < 4.78 is 0. The summed E-state index contributed by atoms with van der Waals surface area (Å²) in [6.07, 6.45) is 0. The van der Waals surface area contributed by atoms with Gasteiger partial charge in [-0.1, -0.05) is 30.3 Å². The van der Waals surface area contributed by atoms with Gasteiger partial charge in [-0.2, -0.15) is 0 Å². The lowest BCUT2D eigenvalue weighted by atomic mass is 10.0. The highest BCUT2D eigenvalue weighted by molar-refractivity contribution is 7.14. The molecule has 1 aromatic heterocycles. The normalized spacial score (nSPS) is 12.8. The minimum Gasteiger partial charge on any atom is -0.288 e. The summed E-state index contributed by atoms with van der Waals surface area (Å²) in [5, 5.41) is 2.07. The number of rotatable bonds is 0. The quantitative estimate of drug-likeness (QED) is 0.453. The summed E-state index contributed by atoms with van der Waals surface area (Å²) in [5.41, 5.74) is 6.25. The zero-order valence-corrected chi connectivity index (χ0v) is 10.7. The number of carbonyl (C=O) groups is 1. The van der Waals surface area contributed by atoms with Gasteiger partial charge in [0.25, 0.3) is 0 Å². The molecule has 18 heavy (non-hydrogen) atoms. The molecule has 0 fully saturated rings. The number of carbonyl (C=O) groups excluding carboxylic acids is 1. The fourth-order valence-corrected chi connectivity index (χ4v) is 3.83. The average Bonchev–Trinajstić information content (AvgIpc) is 2.91. The van der Waals surface area contributed by atoms with E-state index in [1.54, 1.807) is 11.3 Å². The summed E-state index contributed by atoms with van der Waals surface area (Å²) in [5.74, 6) is 0.194. The van der Waals surface area contributed by atoms with Crippen molar-refractivity contribution in [3.8, 4) is 21.6 Å². The van der Waals surface area contributed by atoms with Crippen LogP contribution in [0.25, 0.3) is 21.6 Å². The molecule has 0 amide bonds. The number of fused-ring (bicyclic) bond motifs is 5. The molecule has 0 spiro atoms. The first kappa shape index (κ1) is 10.0. The summed E-state index contributed by atoms with van der Waals surface area (Å²) in [6, 6.07) is 12.3. The lowest BCUT2D eigenvalue weighted by Crippen LogP contribution is -1.96. The van der Waals surface area contributed by atoms with Gasteiger partial charge in [0.15, 0.2) is 5.78 Å². The number of aryl methyl sites for hydroxylation is 1. The molecule has 1 heterocycles. The molecular weight excluding hydrogens is 240 g/mol. The Kier molecular flexibility index (Phi) is 1.84. The molecule has 86 valence electrons. The number of ketones is 1. The Labute approximate surface area is 109 Å². The maximum absolute atomic E-state index is 12.6. The average molecular weight is 250 g/mol. The molecular formula is C16H10OS. The Morgan fingerprint density at radius 3 is 2.72 bits per heavy atom. The molecule has 0 radical (unpaired) electrons. The monoisotopic (exact) mass is 250 g/mol. The third-order valence-electron chi connectivity index (χ3n) is 3.58. The molecule has 0 saturated heterocycles. The van der Waals surface area contributed by atoms with Crippen LogP contribution >= 0.6 is 11.3 Å². The topological polar surface area (TPSA) is 17.1 Å². The molecule has 0 unspecified atom stereocenters. The van der Waals surface area contributed by atoms with Crippen LogP contribution in [0.5, 0.6) is 0 Å². The lowest BCUT2D eigenvalue weighted by Gasteiger charge is -1.97. The SMILES string of the molecule is Cc1csc2c1C(=O)c1c3cccccc-3cc1-2. The molecule has 0 aromatic carbocycles. The zero-order chi connectivity index (χ0) is 12.3. The van der Waals surface area contributed by atoms with Gasteiger partial charge in [0, 0.05) is 21.6 Å². The second kappa shape index (κ2) is 3.30. The molecule has 4 rings (SSSR count). The van der Waals surface area contributed by atoms with E-state index in [0.717, 1.165) is 38.3 Å². The molecule has 3 aliphatic rings. The Hall–Kier alpha value is -1.93. The summed E-state index contributed by atoms with van der Waals surface area (Å²) in [6.45, 7) is 2.02. The maximum atomic E-state index is 12.6. The lowest BCUT2D eigenvalue weighted by molar-refractivity contribution is 0.104.